The molecule has 0 aromatic rings. The highest BCUT2D eigenvalue weighted by atomic mass is 16.7. The van der Waals surface area contributed by atoms with E-state index in [9.17, 15) is 9.59 Å². The number of carbonyl (C=O) groups excluding carboxylic acids is 1. The molecule has 0 bridgehead atoms. The van der Waals surface area contributed by atoms with Crippen LogP contribution in [0.4, 0.5) is 0 Å². The Kier molecular flexibility index (Phi) is 6.45. The Morgan fingerprint density at radius 3 is 2.24 bits per heavy atom. The highest BCUT2D eigenvalue weighted by Crippen LogP contribution is 2.14. The van der Waals surface area contributed by atoms with Crippen molar-refractivity contribution in [3.8, 4) is 0 Å². The van der Waals surface area contributed by atoms with Gasteiger partial charge >= 0.3 is 5.97 Å². The summed E-state index contributed by atoms with van der Waals surface area (Å²) in [7, 11) is 2.96. The predicted molar refractivity (Wildman–Crippen MR) is 61.4 cm³/mol. The number of carboxylic acid groups (broad SMARTS) is 1. The summed E-state index contributed by atoms with van der Waals surface area (Å²) in [5, 5.41) is 11.1. The van der Waals surface area contributed by atoms with E-state index >= 15 is 0 Å². The van der Waals surface area contributed by atoms with Crippen molar-refractivity contribution >= 4 is 11.9 Å². The molecule has 0 saturated carbocycles. The zero-order valence-corrected chi connectivity index (χ0v) is 10.4. The zero-order chi connectivity index (χ0) is 13.5. The largest absolute Gasteiger partial charge is 0.478 e. The Morgan fingerprint density at radius 2 is 1.88 bits per heavy atom. The number of methoxy groups -OCH3 is 2. The number of hydrogen-bond donors (Lipinski definition) is 2. The summed E-state index contributed by atoms with van der Waals surface area (Å²) in [4.78, 5) is 21.9. The van der Waals surface area contributed by atoms with Crippen LogP contribution in [0, 0.1) is 0 Å². The van der Waals surface area contributed by atoms with Gasteiger partial charge < -0.3 is 19.9 Å². The second-order valence-electron chi connectivity index (χ2n) is 3.53. The highest BCUT2D eigenvalue weighted by Gasteiger charge is 2.27. The van der Waals surface area contributed by atoms with Crippen molar-refractivity contribution in [2.45, 2.75) is 25.6 Å². The lowest BCUT2D eigenvalue weighted by Crippen LogP contribution is -2.45. The van der Waals surface area contributed by atoms with Crippen LogP contribution in [-0.2, 0) is 19.1 Å². The molecule has 0 heterocycles. The molecule has 0 unspecified atom stereocenters. The van der Waals surface area contributed by atoms with E-state index in [1.807, 2.05) is 6.92 Å². The summed E-state index contributed by atoms with van der Waals surface area (Å²) in [6, 6.07) is 0. The van der Waals surface area contributed by atoms with Crippen molar-refractivity contribution in [1.82, 2.24) is 5.32 Å². The lowest BCUT2D eigenvalue weighted by atomic mass is 10.2. The maximum absolute atomic E-state index is 11.4. The van der Waals surface area contributed by atoms with Crippen LogP contribution in [0.25, 0.3) is 0 Å². The summed E-state index contributed by atoms with van der Waals surface area (Å²) in [5.41, 5.74) is -0.153. The number of nitrogens with one attached hydrogen (secondary N) is 1. The number of rotatable bonds is 8. The van der Waals surface area contributed by atoms with Crippen LogP contribution in [0.2, 0.25) is 0 Å². The minimum Gasteiger partial charge on any atom is -0.478 e. The maximum Gasteiger partial charge on any atom is 0.331 e. The molecule has 6 heteroatoms. The van der Waals surface area contributed by atoms with Crippen molar-refractivity contribution < 1.29 is 24.2 Å². The zero-order valence-electron chi connectivity index (χ0n) is 10.4. The minimum absolute atomic E-state index is 0.153. The van der Waals surface area contributed by atoms with Crippen LogP contribution >= 0.6 is 0 Å². The van der Waals surface area contributed by atoms with E-state index < -0.39 is 17.7 Å². The lowest BCUT2D eigenvalue weighted by molar-refractivity contribution is -0.204. The average molecular weight is 245 g/mol. The van der Waals surface area contributed by atoms with Crippen LogP contribution in [-0.4, -0.2) is 43.5 Å². The van der Waals surface area contributed by atoms with Crippen LogP contribution in [0.1, 0.15) is 19.8 Å². The van der Waals surface area contributed by atoms with E-state index in [2.05, 4.69) is 11.9 Å². The molecule has 2 N–H and O–H groups in total. The van der Waals surface area contributed by atoms with Crippen LogP contribution in [0.15, 0.2) is 12.2 Å². The van der Waals surface area contributed by atoms with Crippen molar-refractivity contribution in [3.63, 3.8) is 0 Å². The number of aliphatic carboxylic acids is 1. The topological polar surface area (TPSA) is 84.9 Å². The Morgan fingerprint density at radius 1 is 1.35 bits per heavy atom. The van der Waals surface area contributed by atoms with E-state index in [1.165, 1.54) is 14.2 Å². The molecule has 0 aliphatic carbocycles. The van der Waals surface area contributed by atoms with Gasteiger partial charge in [-0.3, -0.25) is 4.79 Å². The molecule has 0 rings (SSSR count). The van der Waals surface area contributed by atoms with Gasteiger partial charge in [-0.15, -0.1) is 0 Å². The van der Waals surface area contributed by atoms with Gasteiger partial charge in [-0.2, -0.15) is 0 Å². The molecule has 0 aromatic carbocycles. The van der Waals surface area contributed by atoms with Crippen molar-refractivity contribution in [1.29, 1.82) is 0 Å². The smallest absolute Gasteiger partial charge is 0.331 e. The molecule has 0 aliphatic heterocycles. The molecule has 0 atom stereocenters. The third kappa shape index (κ3) is 4.97. The molecular weight excluding hydrogens is 226 g/mol. The van der Waals surface area contributed by atoms with E-state index in [1.54, 1.807) is 0 Å². The van der Waals surface area contributed by atoms with Crippen LogP contribution in [0.3, 0.4) is 0 Å². The van der Waals surface area contributed by atoms with Crippen molar-refractivity contribution in [3.05, 3.63) is 12.2 Å². The molecule has 6 nitrogen and oxygen atoms in total. The first-order valence-corrected chi connectivity index (χ1v) is 5.19. The van der Waals surface area contributed by atoms with Gasteiger partial charge in [0.15, 0.2) is 5.79 Å². The molecular formula is C11H19NO5. The number of carbonyl (C=O) groups is 2. The average Bonchev–Trinajstić information content (AvgIpc) is 2.31. The molecule has 98 valence electrons. The fraction of sp³-hybridized carbons (Fsp3) is 0.636. The predicted octanol–water partition coefficient (Wildman–Crippen LogP) is 0.533. The van der Waals surface area contributed by atoms with Gasteiger partial charge in [0.05, 0.1) is 13.0 Å². The Bertz CT molecular complexity index is 288. The third-order valence-electron chi connectivity index (χ3n) is 2.51. The van der Waals surface area contributed by atoms with Crippen molar-refractivity contribution in [2.75, 3.05) is 20.8 Å². The molecule has 0 aliphatic rings. The molecule has 0 radical (unpaired) electrons. The minimum atomic E-state index is -1.18. The summed E-state index contributed by atoms with van der Waals surface area (Å²) in [6.07, 6.45) is 0.308. The van der Waals surface area contributed by atoms with E-state index in [4.69, 9.17) is 14.6 Å². The van der Waals surface area contributed by atoms with E-state index in [0.717, 1.165) is 0 Å². The summed E-state index contributed by atoms with van der Waals surface area (Å²) < 4.78 is 10.3. The Labute approximate surface area is 101 Å². The number of amides is 1. The molecule has 0 aromatic heterocycles. The summed E-state index contributed by atoms with van der Waals surface area (Å²) >= 11 is 0. The second kappa shape index (κ2) is 7.03. The van der Waals surface area contributed by atoms with E-state index in [0.29, 0.717) is 6.42 Å². The van der Waals surface area contributed by atoms with Gasteiger partial charge in [-0.05, 0) is 0 Å². The first-order valence-electron chi connectivity index (χ1n) is 5.19. The molecule has 1 amide bonds. The lowest BCUT2D eigenvalue weighted by Gasteiger charge is -2.29. The third-order valence-corrected chi connectivity index (χ3v) is 2.51. The molecule has 0 fully saturated rings. The molecule has 0 saturated heterocycles. The SMILES string of the molecule is C=C(CC(=O)NCC(CC)(OC)OC)C(=O)O. The Hall–Kier alpha value is -1.40. The van der Waals surface area contributed by atoms with Crippen LogP contribution in [0.5, 0.6) is 0 Å². The quantitative estimate of drug-likeness (QED) is 0.481. The first kappa shape index (κ1) is 15.6. The molecule has 0 spiro atoms. The molecule has 17 heavy (non-hydrogen) atoms. The number of hydrogen-bond acceptors (Lipinski definition) is 4. The monoisotopic (exact) mass is 245 g/mol. The maximum atomic E-state index is 11.4. The standard InChI is InChI=1S/C11H19NO5/c1-5-11(16-3,17-4)7-12-9(13)6-8(2)10(14)15/h2,5-7H2,1,3-4H3,(H,12,13)(H,14,15). The number of carboxylic acids is 1. The fourth-order valence-corrected chi connectivity index (χ4v) is 1.21. The normalized spacial score (nSPS) is 11.0. The first-order chi connectivity index (χ1) is 7.90. The van der Waals surface area contributed by atoms with Gasteiger partial charge in [-0.1, -0.05) is 13.5 Å². The summed E-state index contributed by atoms with van der Waals surface area (Å²) in [6.45, 7) is 5.29. The Balaban J connectivity index is 4.23. The van der Waals surface area contributed by atoms with Crippen molar-refractivity contribution in [2.24, 2.45) is 0 Å². The van der Waals surface area contributed by atoms with Crippen LogP contribution < -0.4 is 5.32 Å². The summed E-state index contributed by atoms with van der Waals surface area (Å²) in [5.74, 6) is -2.48. The number of ether oxygens (including phenoxy) is 2. The van der Waals surface area contributed by atoms with Gasteiger partial charge in [0.2, 0.25) is 5.91 Å². The van der Waals surface area contributed by atoms with Gasteiger partial charge in [0, 0.05) is 26.2 Å². The van der Waals surface area contributed by atoms with Gasteiger partial charge in [0.1, 0.15) is 0 Å². The fourth-order valence-electron chi connectivity index (χ4n) is 1.21. The van der Waals surface area contributed by atoms with Gasteiger partial charge in [0.25, 0.3) is 0 Å². The van der Waals surface area contributed by atoms with Gasteiger partial charge in [-0.25, -0.2) is 4.79 Å². The second-order valence-corrected chi connectivity index (χ2v) is 3.53. The highest BCUT2D eigenvalue weighted by molar-refractivity contribution is 5.93. The van der Waals surface area contributed by atoms with E-state index in [-0.39, 0.29) is 18.5 Å².